The summed E-state index contributed by atoms with van der Waals surface area (Å²) in [4.78, 5) is 25.2. The number of amides is 1. The Morgan fingerprint density at radius 1 is 1.33 bits per heavy atom. The number of hydrogen-bond acceptors (Lipinski definition) is 5. The van der Waals surface area contributed by atoms with Gasteiger partial charge >= 0.3 is 5.97 Å². The number of halogens is 2. The fraction of sp³-hybridized carbons (Fsp3) is 0.467. The molecule has 9 heteroatoms. The summed E-state index contributed by atoms with van der Waals surface area (Å²) in [5.74, 6) is -1.01. The summed E-state index contributed by atoms with van der Waals surface area (Å²) in [5.41, 5.74) is 0.550. The molecule has 0 unspecified atom stereocenters. The van der Waals surface area contributed by atoms with E-state index in [1.54, 1.807) is 12.1 Å². The Morgan fingerprint density at radius 3 is 2.62 bits per heavy atom. The van der Waals surface area contributed by atoms with E-state index in [1.165, 1.54) is 18.0 Å². The van der Waals surface area contributed by atoms with Crippen LogP contribution in [0, 0.1) is 0 Å². The number of benzene rings is 1. The second-order valence-electron chi connectivity index (χ2n) is 5.63. The lowest BCUT2D eigenvalue weighted by Crippen LogP contribution is -2.40. The first kappa shape index (κ1) is 19.0. The van der Waals surface area contributed by atoms with Crippen LogP contribution in [-0.2, 0) is 30.6 Å². The average Bonchev–Trinajstić information content (AvgIpc) is 2.87. The normalized spacial score (nSPS) is 19.0. The van der Waals surface area contributed by atoms with Crippen molar-refractivity contribution in [1.82, 2.24) is 4.90 Å². The predicted molar refractivity (Wildman–Crippen MR) is 91.0 cm³/mol. The van der Waals surface area contributed by atoms with Crippen molar-refractivity contribution in [3.63, 3.8) is 0 Å². The monoisotopic (exact) mass is 393 g/mol. The molecule has 0 spiro atoms. The van der Waals surface area contributed by atoms with E-state index >= 15 is 0 Å². The van der Waals surface area contributed by atoms with Crippen LogP contribution in [-0.4, -0.2) is 56.4 Å². The molecule has 24 heavy (non-hydrogen) atoms. The van der Waals surface area contributed by atoms with Crippen LogP contribution in [0.2, 0.25) is 10.0 Å². The van der Waals surface area contributed by atoms with Crippen LogP contribution in [0.25, 0.3) is 0 Å². The lowest BCUT2D eigenvalue weighted by Gasteiger charge is -2.23. The first-order chi connectivity index (χ1) is 11.2. The van der Waals surface area contributed by atoms with Gasteiger partial charge in [-0.05, 0) is 24.1 Å². The first-order valence-corrected chi connectivity index (χ1v) is 9.81. The molecule has 1 aromatic carbocycles. The number of nitrogens with zero attached hydrogens (tertiary/aromatic N) is 1. The van der Waals surface area contributed by atoms with Crippen molar-refractivity contribution in [3.8, 4) is 0 Å². The van der Waals surface area contributed by atoms with Gasteiger partial charge in [0.05, 0.1) is 17.9 Å². The fourth-order valence-electron chi connectivity index (χ4n) is 2.40. The van der Waals surface area contributed by atoms with Crippen molar-refractivity contribution in [2.24, 2.45) is 0 Å². The molecule has 0 radical (unpaired) electrons. The maximum Gasteiger partial charge on any atom is 0.310 e. The quantitative estimate of drug-likeness (QED) is 0.711. The SMILES string of the molecule is CN(C(=O)COC(=O)Cc1ccc(Cl)cc1Cl)[C@@H]1CCS(=O)(=O)C1. The molecular formula is C15H17Cl2NO5S. The molecule has 1 aliphatic heterocycles. The number of likely N-dealkylation sites (N-methyl/N-ethyl adjacent to an activating group) is 1. The van der Waals surface area contributed by atoms with E-state index in [-0.39, 0.29) is 24.0 Å². The molecule has 132 valence electrons. The Kier molecular flexibility index (Phi) is 6.11. The maximum absolute atomic E-state index is 12.0. The highest BCUT2D eigenvalue weighted by molar-refractivity contribution is 7.91. The van der Waals surface area contributed by atoms with Crippen molar-refractivity contribution >= 4 is 44.9 Å². The zero-order valence-corrected chi connectivity index (χ0v) is 15.3. The number of carbonyl (C=O) groups is 2. The van der Waals surface area contributed by atoms with Gasteiger partial charge in [0.25, 0.3) is 5.91 Å². The van der Waals surface area contributed by atoms with Gasteiger partial charge in [0.2, 0.25) is 0 Å². The molecule has 0 saturated carbocycles. The summed E-state index contributed by atoms with van der Waals surface area (Å²) in [6.07, 6.45) is 0.323. The predicted octanol–water partition coefficient (Wildman–Crippen LogP) is 1.72. The Balaban J connectivity index is 1.84. The summed E-state index contributed by atoms with van der Waals surface area (Å²) < 4.78 is 27.9. The van der Waals surface area contributed by atoms with Gasteiger partial charge < -0.3 is 9.64 Å². The number of carbonyl (C=O) groups excluding carboxylic acids is 2. The van der Waals surface area contributed by atoms with E-state index in [0.717, 1.165) is 0 Å². The first-order valence-electron chi connectivity index (χ1n) is 7.23. The highest BCUT2D eigenvalue weighted by Gasteiger charge is 2.32. The minimum absolute atomic E-state index is 0.0520. The highest BCUT2D eigenvalue weighted by Crippen LogP contribution is 2.21. The van der Waals surface area contributed by atoms with E-state index in [0.29, 0.717) is 22.0 Å². The lowest BCUT2D eigenvalue weighted by atomic mass is 10.1. The van der Waals surface area contributed by atoms with Crippen LogP contribution in [0.15, 0.2) is 18.2 Å². The van der Waals surface area contributed by atoms with Crippen LogP contribution < -0.4 is 0 Å². The summed E-state index contributed by atoms with van der Waals surface area (Å²) in [5, 5.41) is 0.805. The molecule has 1 heterocycles. The molecule has 6 nitrogen and oxygen atoms in total. The maximum atomic E-state index is 12.0. The van der Waals surface area contributed by atoms with Crippen molar-refractivity contribution in [2.75, 3.05) is 25.2 Å². The molecule has 0 aromatic heterocycles. The number of sulfone groups is 1. The van der Waals surface area contributed by atoms with Crippen molar-refractivity contribution in [3.05, 3.63) is 33.8 Å². The Hall–Kier alpha value is -1.31. The van der Waals surface area contributed by atoms with E-state index in [4.69, 9.17) is 27.9 Å². The topological polar surface area (TPSA) is 80.8 Å². The molecule has 1 amide bonds. The van der Waals surface area contributed by atoms with Gasteiger partial charge in [0, 0.05) is 23.1 Å². The molecule has 2 rings (SSSR count). The second kappa shape index (κ2) is 7.72. The molecule has 0 N–H and O–H groups in total. The van der Waals surface area contributed by atoms with E-state index in [1.807, 2.05) is 0 Å². The number of hydrogen-bond donors (Lipinski definition) is 0. The third kappa shape index (κ3) is 5.09. The van der Waals surface area contributed by atoms with Crippen LogP contribution >= 0.6 is 23.2 Å². The zero-order chi connectivity index (χ0) is 17.9. The van der Waals surface area contributed by atoms with Crippen LogP contribution in [0.3, 0.4) is 0 Å². The van der Waals surface area contributed by atoms with Crippen molar-refractivity contribution in [2.45, 2.75) is 18.9 Å². The summed E-state index contributed by atoms with van der Waals surface area (Å²) in [6.45, 7) is -0.433. The van der Waals surface area contributed by atoms with Crippen molar-refractivity contribution < 1.29 is 22.7 Å². The molecule has 0 bridgehead atoms. The van der Waals surface area contributed by atoms with E-state index < -0.39 is 28.3 Å². The molecule has 0 aliphatic carbocycles. The number of ether oxygens (including phenoxy) is 1. The number of esters is 1. The summed E-state index contributed by atoms with van der Waals surface area (Å²) >= 11 is 11.8. The zero-order valence-electron chi connectivity index (χ0n) is 13.0. The lowest BCUT2D eigenvalue weighted by molar-refractivity contribution is -0.151. The average molecular weight is 394 g/mol. The van der Waals surface area contributed by atoms with Crippen molar-refractivity contribution in [1.29, 1.82) is 0 Å². The van der Waals surface area contributed by atoms with Gasteiger partial charge in [-0.3, -0.25) is 9.59 Å². The smallest absolute Gasteiger partial charge is 0.310 e. The highest BCUT2D eigenvalue weighted by atomic mass is 35.5. The van der Waals surface area contributed by atoms with Crippen LogP contribution in [0.5, 0.6) is 0 Å². The van der Waals surface area contributed by atoms with Gasteiger partial charge in [-0.2, -0.15) is 0 Å². The Bertz CT molecular complexity index is 750. The van der Waals surface area contributed by atoms with E-state index in [2.05, 4.69) is 0 Å². The molecular weight excluding hydrogens is 377 g/mol. The minimum Gasteiger partial charge on any atom is -0.455 e. The molecule has 1 atom stereocenters. The van der Waals surface area contributed by atoms with Gasteiger partial charge in [0.15, 0.2) is 16.4 Å². The fourth-order valence-corrected chi connectivity index (χ4v) is 4.65. The Morgan fingerprint density at radius 2 is 2.04 bits per heavy atom. The molecule has 1 fully saturated rings. The molecule has 1 saturated heterocycles. The summed E-state index contributed by atoms with van der Waals surface area (Å²) in [7, 11) is -1.57. The minimum atomic E-state index is -3.08. The van der Waals surface area contributed by atoms with E-state index in [9.17, 15) is 18.0 Å². The van der Waals surface area contributed by atoms with Gasteiger partial charge in [0.1, 0.15) is 0 Å². The Labute approximate surface area is 150 Å². The van der Waals surface area contributed by atoms with Crippen LogP contribution in [0.4, 0.5) is 0 Å². The third-order valence-electron chi connectivity index (χ3n) is 3.86. The third-order valence-corrected chi connectivity index (χ3v) is 6.19. The van der Waals surface area contributed by atoms with Gasteiger partial charge in [-0.25, -0.2) is 8.42 Å². The number of rotatable bonds is 5. The largest absolute Gasteiger partial charge is 0.455 e. The van der Waals surface area contributed by atoms with Gasteiger partial charge in [-0.1, -0.05) is 29.3 Å². The standard InChI is InChI=1S/C15H17Cl2NO5S/c1-18(12-4-5-24(21,22)9-12)14(19)8-23-15(20)6-10-2-3-11(16)7-13(10)17/h2-3,7,12H,4-6,8-9H2,1H3/t12-/m1/s1. The van der Waals surface area contributed by atoms with Crippen LogP contribution in [0.1, 0.15) is 12.0 Å². The molecule has 1 aromatic rings. The summed E-state index contributed by atoms with van der Waals surface area (Å²) in [6, 6.07) is 4.37. The van der Waals surface area contributed by atoms with Gasteiger partial charge in [-0.15, -0.1) is 0 Å². The molecule has 1 aliphatic rings. The second-order valence-corrected chi connectivity index (χ2v) is 8.71.